The van der Waals surface area contributed by atoms with Crippen LogP contribution in [0.3, 0.4) is 0 Å². The second-order valence-electron chi connectivity index (χ2n) is 4.10. The average Bonchev–Trinajstić information content (AvgIpc) is 2.33. The summed E-state index contributed by atoms with van der Waals surface area (Å²) < 4.78 is 10.4. The molecular formula is C11H24N2O5S. The summed E-state index contributed by atoms with van der Waals surface area (Å²) in [6.45, 7) is 2.01. The predicted octanol–water partition coefficient (Wildman–Crippen LogP) is -0.245. The van der Waals surface area contributed by atoms with E-state index in [2.05, 4.69) is 0 Å². The number of hydrogen-bond donors (Lipinski definition) is 4. The minimum atomic E-state index is -1.04. The normalized spacial score (nSPS) is 14.7. The number of carbonyl (C=O) groups is 2. The smallest absolute Gasteiger partial charge is 0.320 e. The first-order valence-electron chi connectivity index (χ1n) is 5.99. The molecule has 0 aromatic rings. The maximum Gasteiger partial charge on any atom is 0.320 e. The quantitative estimate of drug-likeness (QED) is 0.483. The van der Waals surface area contributed by atoms with E-state index in [1.54, 1.807) is 0 Å². The van der Waals surface area contributed by atoms with Crippen LogP contribution in [-0.2, 0) is 20.4 Å². The molecule has 1 unspecified atom stereocenters. The van der Waals surface area contributed by atoms with Gasteiger partial charge in [0.25, 0.3) is 0 Å². The molecule has 0 aliphatic heterocycles. The SMILES string of the molecule is CCCCC(N)C(=O)O.C[S@](=O)CC[C@@H](N)C(=O)O. The number of carboxylic acid groups (broad SMARTS) is 2. The third-order valence-corrected chi connectivity index (χ3v) is 3.03. The van der Waals surface area contributed by atoms with Crippen molar-refractivity contribution >= 4 is 22.7 Å². The van der Waals surface area contributed by atoms with Crippen LogP contribution in [-0.4, -0.2) is 50.5 Å². The number of carboxylic acids is 2. The van der Waals surface area contributed by atoms with E-state index in [0.717, 1.165) is 12.8 Å². The van der Waals surface area contributed by atoms with Gasteiger partial charge in [-0.05, 0) is 12.8 Å². The molecule has 0 saturated heterocycles. The van der Waals surface area contributed by atoms with E-state index < -0.39 is 34.8 Å². The lowest BCUT2D eigenvalue weighted by molar-refractivity contribution is -0.139. The van der Waals surface area contributed by atoms with Crippen molar-refractivity contribution in [3.8, 4) is 0 Å². The van der Waals surface area contributed by atoms with Crippen molar-refractivity contribution in [2.45, 2.75) is 44.7 Å². The molecule has 0 saturated carbocycles. The van der Waals surface area contributed by atoms with Gasteiger partial charge in [0.1, 0.15) is 12.1 Å². The Balaban J connectivity index is 0. The molecule has 7 nitrogen and oxygen atoms in total. The van der Waals surface area contributed by atoms with Gasteiger partial charge in [-0.15, -0.1) is 0 Å². The van der Waals surface area contributed by atoms with E-state index in [1.807, 2.05) is 6.92 Å². The summed E-state index contributed by atoms with van der Waals surface area (Å²) in [7, 11) is -0.946. The maximum absolute atomic E-state index is 10.4. The molecule has 8 heteroatoms. The summed E-state index contributed by atoms with van der Waals surface area (Å²) in [5.74, 6) is -1.58. The molecule has 0 amide bonds. The van der Waals surface area contributed by atoms with Gasteiger partial charge in [0.05, 0.1) is 0 Å². The van der Waals surface area contributed by atoms with Gasteiger partial charge in [0.15, 0.2) is 0 Å². The summed E-state index contributed by atoms with van der Waals surface area (Å²) >= 11 is 0. The Morgan fingerprint density at radius 2 is 1.53 bits per heavy atom. The number of aliphatic carboxylic acids is 2. The van der Waals surface area contributed by atoms with Gasteiger partial charge in [0.2, 0.25) is 0 Å². The highest BCUT2D eigenvalue weighted by Gasteiger charge is 2.10. The molecule has 0 aliphatic carbocycles. The first kappa shape index (κ1) is 20.3. The topological polar surface area (TPSA) is 144 Å². The molecule has 6 N–H and O–H groups in total. The van der Waals surface area contributed by atoms with Gasteiger partial charge >= 0.3 is 11.9 Å². The van der Waals surface area contributed by atoms with Gasteiger partial charge in [0, 0.05) is 22.8 Å². The fraction of sp³-hybridized carbons (Fsp3) is 0.818. The fourth-order valence-electron chi connectivity index (χ4n) is 0.964. The van der Waals surface area contributed by atoms with Crippen molar-refractivity contribution < 1.29 is 24.0 Å². The second kappa shape index (κ2) is 12.1. The lowest BCUT2D eigenvalue weighted by Gasteiger charge is -2.02. The Morgan fingerprint density at radius 3 is 1.84 bits per heavy atom. The highest BCUT2D eigenvalue weighted by Crippen LogP contribution is 1.97. The van der Waals surface area contributed by atoms with E-state index in [1.165, 1.54) is 6.26 Å². The molecule has 0 aromatic heterocycles. The molecule has 0 bridgehead atoms. The minimum absolute atomic E-state index is 0.276. The Morgan fingerprint density at radius 1 is 1.11 bits per heavy atom. The summed E-state index contributed by atoms with van der Waals surface area (Å²) in [5, 5.41) is 16.6. The Hall–Kier alpha value is -0.990. The third-order valence-electron chi connectivity index (χ3n) is 2.22. The van der Waals surface area contributed by atoms with Crippen molar-refractivity contribution in [2.75, 3.05) is 12.0 Å². The summed E-state index contributed by atoms with van der Waals surface area (Å²) in [6, 6.07) is -1.53. The third kappa shape index (κ3) is 15.0. The van der Waals surface area contributed by atoms with Crippen LogP contribution in [0.2, 0.25) is 0 Å². The molecule has 0 radical (unpaired) electrons. The number of nitrogens with two attached hydrogens (primary N) is 2. The first-order valence-corrected chi connectivity index (χ1v) is 7.71. The van der Waals surface area contributed by atoms with Crippen LogP contribution in [0.1, 0.15) is 32.6 Å². The zero-order chi connectivity index (χ0) is 15.4. The number of unbranched alkanes of at least 4 members (excludes halogenated alkanes) is 1. The molecule has 0 fully saturated rings. The van der Waals surface area contributed by atoms with Crippen LogP contribution < -0.4 is 11.5 Å². The highest BCUT2D eigenvalue weighted by atomic mass is 32.2. The molecular weight excluding hydrogens is 272 g/mol. The predicted molar refractivity (Wildman–Crippen MR) is 74.3 cm³/mol. The molecule has 0 heterocycles. The minimum Gasteiger partial charge on any atom is -0.480 e. The van der Waals surface area contributed by atoms with Crippen LogP contribution in [0.5, 0.6) is 0 Å². The molecule has 0 rings (SSSR count). The fourth-order valence-corrected chi connectivity index (χ4v) is 1.55. The Bertz CT molecular complexity index is 299. The van der Waals surface area contributed by atoms with Gasteiger partial charge in [-0.3, -0.25) is 13.8 Å². The van der Waals surface area contributed by atoms with E-state index in [-0.39, 0.29) is 6.42 Å². The van der Waals surface area contributed by atoms with Crippen LogP contribution in [0.4, 0.5) is 0 Å². The Kier molecular flexibility index (Phi) is 12.9. The number of hydrogen-bond acceptors (Lipinski definition) is 5. The second-order valence-corrected chi connectivity index (χ2v) is 5.65. The van der Waals surface area contributed by atoms with Crippen LogP contribution >= 0.6 is 0 Å². The molecule has 3 atom stereocenters. The molecule has 0 aromatic carbocycles. The average molecular weight is 296 g/mol. The van der Waals surface area contributed by atoms with E-state index in [4.69, 9.17) is 21.7 Å². The standard InChI is InChI=1S/C6H13NO2.C5H11NO3S/c1-2-3-4-5(7)6(8)9;1-10(9)3-2-4(6)5(7)8/h5H,2-4,7H2,1H3,(H,8,9);4H,2-3,6H2,1H3,(H,7,8)/t;4-,10+/m.1/s1. The van der Waals surface area contributed by atoms with Gasteiger partial charge in [-0.1, -0.05) is 19.8 Å². The largest absolute Gasteiger partial charge is 0.480 e. The van der Waals surface area contributed by atoms with Gasteiger partial charge < -0.3 is 21.7 Å². The lowest BCUT2D eigenvalue weighted by Crippen LogP contribution is -2.31. The van der Waals surface area contributed by atoms with Crippen molar-refractivity contribution in [1.29, 1.82) is 0 Å². The lowest BCUT2D eigenvalue weighted by atomic mass is 10.1. The van der Waals surface area contributed by atoms with Crippen molar-refractivity contribution in [3.63, 3.8) is 0 Å². The van der Waals surface area contributed by atoms with E-state index in [9.17, 15) is 13.8 Å². The Labute approximate surface area is 115 Å². The van der Waals surface area contributed by atoms with Crippen molar-refractivity contribution in [2.24, 2.45) is 11.5 Å². The van der Waals surface area contributed by atoms with Crippen LogP contribution in [0, 0.1) is 0 Å². The van der Waals surface area contributed by atoms with Crippen LogP contribution in [0.15, 0.2) is 0 Å². The highest BCUT2D eigenvalue weighted by molar-refractivity contribution is 7.84. The summed E-state index contributed by atoms with van der Waals surface area (Å²) in [4.78, 5) is 20.2. The van der Waals surface area contributed by atoms with Gasteiger partial charge in [-0.25, -0.2) is 0 Å². The van der Waals surface area contributed by atoms with Crippen molar-refractivity contribution in [1.82, 2.24) is 0 Å². The molecule has 114 valence electrons. The molecule has 19 heavy (non-hydrogen) atoms. The monoisotopic (exact) mass is 296 g/mol. The van der Waals surface area contributed by atoms with Crippen LogP contribution in [0.25, 0.3) is 0 Å². The number of rotatable bonds is 8. The summed E-state index contributed by atoms with van der Waals surface area (Å²) in [6.07, 6.45) is 4.29. The van der Waals surface area contributed by atoms with E-state index >= 15 is 0 Å². The maximum atomic E-state index is 10.4. The van der Waals surface area contributed by atoms with E-state index in [0.29, 0.717) is 12.2 Å². The first-order chi connectivity index (χ1) is 8.72. The summed E-state index contributed by atoms with van der Waals surface area (Å²) in [5.41, 5.74) is 10.3. The molecule has 0 aliphatic rings. The molecule has 0 spiro atoms. The zero-order valence-electron chi connectivity index (χ0n) is 11.4. The zero-order valence-corrected chi connectivity index (χ0v) is 12.2. The van der Waals surface area contributed by atoms with Gasteiger partial charge in [-0.2, -0.15) is 0 Å². The van der Waals surface area contributed by atoms with Crippen molar-refractivity contribution in [3.05, 3.63) is 0 Å².